The lowest BCUT2D eigenvalue weighted by atomic mass is 9.97. The zero-order valence-electron chi connectivity index (χ0n) is 18.9. The minimum Gasteiger partial charge on any atom is -0.358 e. The molecule has 32 heavy (non-hydrogen) atoms. The van der Waals surface area contributed by atoms with E-state index in [0.29, 0.717) is 11.3 Å². The molecule has 0 atom stereocenters. The van der Waals surface area contributed by atoms with Gasteiger partial charge in [0.05, 0.1) is 0 Å². The summed E-state index contributed by atoms with van der Waals surface area (Å²) in [6.07, 6.45) is 5.87. The van der Waals surface area contributed by atoms with Gasteiger partial charge >= 0.3 is 0 Å². The maximum atomic E-state index is 13.1. The largest absolute Gasteiger partial charge is 0.358 e. The van der Waals surface area contributed by atoms with Gasteiger partial charge < -0.3 is 15.1 Å². The molecule has 1 fully saturated rings. The van der Waals surface area contributed by atoms with Gasteiger partial charge in [-0.15, -0.1) is 0 Å². The van der Waals surface area contributed by atoms with E-state index in [1.165, 1.54) is 53.9 Å². The summed E-state index contributed by atoms with van der Waals surface area (Å²) in [5.41, 5.74) is 5.75. The number of piperidine rings is 1. The Morgan fingerprint density at radius 1 is 1.06 bits per heavy atom. The minimum absolute atomic E-state index is 0.00176. The molecule has 0 aromatic heterocycles. The lowest BCUT2D eigenvalue weighted by Crippen LogP contribution is -2.38. The maximum absolute atomic E-state index is 13.1. The van der Waals surface area contributed by atoms with Crippen LogP contribution in [0.2, 0.25) is 0 Å². The molecule has 2 aliphatic rings. The molecule has 3 nitrogen and oxygen atoms in total. The van der Waals surface area contributed by atoms with E-state index in [2.05, 4.69) is 60.0 Å². The van der Waals surface area contributed by atoms with Gasteiger partial charge in [0.2, 0.25) is 0 Å². The Morgan fingerprint density at radius 3 is 2.59 bits per heavy atom. The highest BCUT2D eigenvalue weighted by Gasteiger charge is 2.20. The van der Waals surface area contributed by atoms with Crippen molar-refractivity contribution >= 4 is 17.0 Å². The third kappa shape index (κ3) is 4.87. The Bertz CT molecular complexity index is 1050. The first-order chi connectivity index (χ1) is 15.4. The van der Waals surface area contributed by atoms with Crippen LogP contribution >= 0.6 is 0 Å². The van der Waals surface area contributed by atoms with Crippen molar-refractivity contribution in [2.75, 3.05) is 32.0 Å². The van der Waals surface area contributed by atoms with Gasteiger partial charge in [0.25, 0.3) is 6.43 Å². The molecule has 5 heteroatoms. The minimum atomic E-state index is -2.49. The van der Waals surface area contributed by atoms with E-state index >= 15 is 0 Å². The van der Waals surface area contributed by atoms with Crippen LogP contribution < -0.4 is 5.32 Å². The van der Waals surface area contributed by atoms with Crippen molar-refractivity contribution < 1.29 is 8.78 Å². The van der Waals surface area contributed by atoms with Crippen LogP contribution in [0.4, 0.5) is 14.5 Å². The number of alkyl halides is 2. The van der Waals surface area contributed by atoms with Crippen LogP contribution in [0.5, 0.6) is 0 Å². The number of nitrogens with one attached hydrogen (secondary N) is 1. The van der Waals surface area contributed by atoms with Crippen LogP contribution in [-0.4, -0.2) is 36.5 Å². The Balaban J connectivity index is 1.57. The third-order valence-corrected chi connectivity index (χ3v) is 6.27. The summed E-state index contributed by atoms with van der Waals surface area (Å²) in [6.45, 7) is 9.29. The van der Waals surface area contributed by atoms with Crippen molar-refractivity contribution in [3.63, 3.8) is 0 Å². The number of rotatable bonds is 6. The van der Waals surface area contributed by atoms with Crippen molar-refractivity contribution in [3.05, 3.63) is 89.3 Å². The summed E-state index contributed by atoms with van der Waals surface area (Å²) < 4.78 is 26.1. The number of anilines is 1. The number of hydrogen-bond donors (Lipinski definition) is 1. The second-order valence-electron chi connectivity index (χ2n) is 8.65. The van der Waals surface area contributed by atoms with E-state index in [1.54, 1.807) is 12.1 Å². The topological polar surface area (TPSA) is 18.5 Å². The summed E-state index contributed by atoms with van der Waals surface area (Å²) in [5.74, 6) is 1.29. The molecule has 168 valence electrons. The lowest BCUT2D eigenvalue weighted by Gasteiger charge is -2.38. The first kappa shape index (κ1) is 22.1. The van der Waals surface area contributed by atoms with Crippen molar-refractivity contribution in [2.24, 2.45) is 0 Å². The van der Waals surface area contributed by atoms with Gasteiger partial charge in [-0.05, 0) is 72.7 Å². The number of benzene rings is 2. The molecule has 0 bridgehead atoms. The molecule has 0 saturated carbocycles. The Kier molecular flexibility index (Phi) is 6.63. The molecule has 1 saturated heterocycles. The number of likely N-dealkylation sites (N-methyl/N-ethyl adjacent to an activating group) is 1. The molecule has 0 amide bonds. The standard InChI is InChI=1S/C27H31F2N3/c1-19-10-11-24(30-20(2)21-8-7-9-23(16-21)27(28)29)18-25(19)22-12-15-31(3)26(17-22)32-13-5-4-6-14-32/h7-12,16-18,27,30H,2,4-6,13-15H2,1,3H3. The van der Waals surface area contributed by atoms with Crippen LogP contribution in [0.15, 0.2) is 67.0 Å². The van der Waals surface area contributed by atoms with Crippen molar-refractivity contribution in [2.45, 2.75) is 32.6 Å². The first-order valence-electron chi connectivity index (χ1n) is 11.3. The summed E-state index contributed by atoms with van der Waals surface area (Å²) in [7, 11) is 2.15. The van der Waals surface area contributed by atoms with Gasteiger partial charge in [0.15, 0.2) is 0 Å². The van der Waals surface area contributed by atoms with Crippen LogP contribution in [0.25, 0.3) is 11.3 Å². The molecule has 0 radical (unpaired) electrons. The van der Waals surface area contributed by atoms with E-state index in [1.807, 2.05) is 6.07 Å². The lowest BCUT2D eigenvalue weighted by molar-refractivity contribution is 0.151. The highest BCUT2D eigenvalue weighted by atomic mass is 19.3. The molecule has 4 rings (SSSR count). The van der Waals surface area contributed by atoms with E-state index in [4.69, 9.17) is 0 Å². The fourth-order valence-corrected chi connectivity index (χ4v) is 4.40. The molecule has 0 aliphatic carbocycles. The second kappa shape index (κ2) is 9.60. The zero-order valence-corrected chi connectivity index (χ0v) is 18.9. The summed E-state index contributed by atoms with van der Waals surface area (Å²) in [6, 6.07) is 12.6. The summed E-state index contributed by atoms with van der Waals surface area (Å²) in [4.78, 5) is 4.80. The monoisotopic (exact) mass is 435 g/mol. The highest BCUT2D eigenvalue weighted by molar-refractivity contribution is 5.82. The molecule has 2 heterocycles. The molecule has 0 spiro atoms. The van der Waals surface area contributed by atoms with Crippen molar-refractivity contribution in [1.29, 1.82) is 0 Å². The van der Waals surface area contributed by atoms with Crippen LogP contribution in [0.3, 0.4) is 0 Å². The van der Waals surface area contributed by atoms with Gasteiger partial charge in [-0.3, -0.25) is 0 Å². The average Bonchev–Trinajstić information content (AvgIpc) is 2.81. The van der Waals surface area contributed by atoms with Gasteiger partial charge in [0.1, 0.15) is 5.82 Å². The summed E-state index contributed by atoms with van der Waals surface area (Å²) in [5, 5.41) is 3.31. The van der Waals surface area contributed by atoms with E-state index < -0.39 is 6.43 Å². The average molecular weight is 436 g/mol. The van der Waals surface area contributed by atoms with E-state index in [0.717, 1.165) is 25.3 Å². The summed E-state index contributed by atoms with van der Waals surface area (Å²) >= 11 is 0. The third-order valence-electron chi connectivity index (χ3n) is 6.27. The Hall–Kier alpha value is -3.08. The number of hydrogen-bond acceptors (Lipinski definition) is 3. The number of likely N-dealkylation sites (tertiary alicyclic amines) is 1. The maximum Gasteiger partial charge on any atom is 0.263 e. The molecular weight excluding hydrogens is 404 g/mol. The van der Waals surface area contributed by atoms with Gasteiger partial charge in [-0.2, -0.15) is 0 Å². The van der Waals surface area contributed by atoms with E-state index in [-0.39, 0.29) is 5.56 Å². The second-order valence-corrected chi connectivity index (χ2v) is 8.65. The molecule has 1 N–H and O–H groups in total. The highest BCUT2D eigenvalue weighted by Crippen LogP contribution is 2.31. The fourth-order valence-electron chi connectivity index (χ4n) is 4.40. The molecule has 2 aromatic rings. The quantitative estimate of drug-likeness (QED) is 0.547. The van der Waals surface area contributed by atoms with Gasteiger partial charge in [-0.1, -0.05) is 36.9 Å². The predicted molar refractivity (Wildman–Crippen MR) is 129 cm³/mol. The molecule has 2 aliphatic heterocycles. The fraction of sp³-hybridized carbons (Fsp3) is 0.333. The normalized spacial score (nSPS) is 16.7. The van der Waals surface area contributed by atoms with Crippen LogP contribution in [0, 0.1) is 6.92 Å². The smallest absolute Gasteiger partial charge is 0.263 e. The Morgan fingerprint density at radius 2 is 1.84 bits per heavy atom. The van der Waals surface area contributed by atoms with Crippen LogP contribution in [-0.2, 0) is 0 Å². The first-order valence-corrected chi connectivity index (χ1v) is 11.3. The molecule has 2 aromatic carbocycles. The van der Waals surface area contributed by atoms with Gasteiger partial charge in [-0.25, -0.2) is 8.78 Å². The molecule has 0 unspecified atom stereocenters. The predicted octanol–water partition coefficient (Wildman–Crippen LogP) is 6.67. The Labute approximate surface area is 189 Å². The van der Waals surface area contributed by atoms with Crippen molar-refractivity contribution in [1.82, 2.24) is 9.80 Å². The van der Waals surface area contributed by atoms with E-state index in [9.17, 15) is 8.78 Å². The molecular formula is C27H31F2N3. The number of aryl methyl sites for hydroxylation is 1. The zero-order chi connectivity index (χ0) is 22.7. The number of nitrogens with zero attached hydrogens (tertiary/aromatic N) is 2. The number of halogens is 2. The van der Waals surface area contributed by atoms with Crippen molar-refractivity contribution in [3.8, 4) is 0 Å². The van der Waals surface area contributed by atoms with Crippen LogP contribution in [0.1, 0.15) is 47.9 Å². The SMILES string of the molecule is C=C(Nc1ccc(C)c(C2=CCN(C)C(N3CCCCC3)=C2)c1)c1cccc(C(F)F)c1. The van der Waals surface area contributed by atoms with Gasteiger partial charge in [0, 0.05) is 43.6 Å². The number of allylic oxidation sites excluding steroid dienone is 2.